The topological polar surface area (TPSA) is 62.5 Å². The van der Waals surface area contributed by atoms with Gasteiger partial charge in [-0.1, -0.05) is 6.07 Å². The van der Waals surface area contributed by atoms with E-state index < -0.39 is 0 Å². The van der Waals surface area contributed by atoms with E-state index in [0.717, 1.165) is 49.0 Å². The van der Waals surface area contributed by atoms with Crippen molar-refractivity contribution in [3.63, 3.8) is 0 Å². The molecule has 0 aliphatic carbocycles. The molecule has 1 aliphatic rings. The number of benzene rings is 1. The largest absolute Gasteiger partial charge is 0.399 e. The fourth-order valence-electron chi connectivity index (χ4n) is 2.86. The molecule has 2 heterocycles. The number of hydrogen-bond donors (Lipinski definition) is 1. The summed E-state index contributed by atoms with van der Waals surface area (Å²) >= 11 is 1.68. The van der Waals surface area contributed by atoms with Crippen molar-refractivity contribution in [3.05, 3.63) is 45.4 Å². The van der Waals surface area contributed by atoms with E-state index in [2.05, 4.69) is 15.3 Å². The quantitative estimate of drug-likeness (QED) is 0.743. The van der Waals surface area contributed by atoms with Gasteiger partial charge in [-0.2, -0.15) is 0 Å². The molecule has 1 fully saturated rings. The fourth-order valence-corrected chi connectivity index (χ4v) is 3.46. The van der Waals surface area contributed by atoms with Gasteiger partial charge in [0.25, 0.3) is 5.91 Å². The van der Waals surface area contributed by atoms with E-state index in [4.69, 9.17) is 5.73 Å². The summed E-state index contributed by atoms with van der Waals surface area (Å²) in [7, 11) is 0. The van der Waals surface area contributed by atoms with Crippen molar-refractivity contribution in [1.29, 1.82) is 0 Å². The summed E-state index contributed by atoms with van der Waals surface area (Å²) in [5, 5.41) is 3.22. The van der Waals surface area contributed by atoms with Gasteiger partial charge in [0.15, 0.2) is 0 Å². The molecule has 3 rings (SSSR count). The van der Waals surface area contributed by atoms with Crippen LogP contribution < -0.4 is 5.73 Å². The predicted octanol–water partition coefficient (Wildman–Crippen LogP) is 3.57. The number of anilines is 1. The van der Waals surface area contributed by atoms with E-state index in [1.165, 1.54) is 0 Å². The van der Waals surface area contributed by atoms with E-state index in [-0.39, 0.29) is 43.1 Å². The molecule has 0 unspecified atom stereocenters. The molecule has 0 saturated carbocycles. The summed E-state index contributed by atoms with van der Waals surface area (Å²) in [5.41, 5.74) is 9.27. The number of nitrogen functional groups attached to an aromatic ring is 1. The number of carbonyl (C=O) groups excluding carboxylic acids is 1. The lowest BCUT2D eigenvalue weighted by molar-refractivity contribution is 0.0626. The summed E-state index contributed by atoms with van der Waals surface area (Å²) in [6.45, 7) is 8.09. The van der Waals surface area contributed by atoms with E-state index >= 15 is 0 Å². The normalized spacial score (nSPS) is 14.0. The van der Waals surface area contributed by atoms with Crippen LogP contribution in [-0.2, 0) is 6.54 Å². The molecule has 1 aromatic carbocycles. The number of carbonyl (C=O) groups is 1. The van der Waals surface area contributed by atoms with Crippen LogP contribution in [-0.4, -0.2) is 46.9 Å². The van der Waals surface area contributed by atoms with Gasteiger partial charge in [-0.25, -0.2) is 4.98 Å². The molecule has 26 heavy (non-hydrogen) atoms. The molecule has 1 amide bonds. The van der Waals surface area contributed by atoms with Crippen LogP contribution in [0.5, 0.6) is 0 Å². The molecule has 9 heteroatoms. The van der Waals surface area contributed by atoms with Crippen molar-refractivity contribution in [2.24, 2.45) is 0 Å². The molecule has 0 atom stereocenters. The maximum absolute atomic E-state index is 12.7. The highest BCUT2D eigenvalue weighted by molar-refractivity contribution is 7.09. The second kappa shape index (κ2) is 10.9. The van der Waals surface area contributed by atoms with Gasteiger partial charge < -0.3 is 10.6 Å². The van der Waals surface area contributed by atoms with Gasteiger partial charge in [-0.3, -0.25) is 9.69 Å². The Balaban J connectivity index is 0.00000208. The Morgan fingerprint density at radius 2 is 1.81 bits per heavy atom. The zero-order valence-corrected chi connectivity index (χ0v) is 18.1. The molecule has 1 aromatic heterocycles. The summed E-state index contributed by atoms with van der Waals surface area (Å²) in [5.74, 6) is 0.0824. The second-order valence-electron chi connectivity index (χ2n) is 6.00. The van der Waals surface area contributed by atoms with Gasteiger partial charge in [0.05, 0.1) is 10.7 Å². The van der Waals surface area contributed by atoms with Crippen LogP contribution in [0, 0.1) is 13.8 Å². The molecule has 0 radical (unpaired) electrons. The molecule has 2 N–H and O–H groups in total. The Bertz CT molecular complexity index is 718. The first kappa shape index (κ1) is 24.9. The van der Waals surface area contributed by atoms with Crippen molar-refractivity contribution in [2.75, 3.05) is 31.9 Å². The summed E-state index contributed by atoms with van der Waals surface area (Å²) in [6.07, 6.45) is 0. The van der Waals surface area contributed by atoms with Crippen LogP contribution in [0.25, 0.3) is 0 Å². The Morgan fingerprint density at radius 3 is 2.38 bits per heavy atom. The third-order valence-electron chi connectivity index (χ3n) is 4.20. The Kier molecular flexibility index (Phi) is 10.5. The molecule has 2 aromatic rings. The van der Waals surface area contributed by atoms with Crippen molar-refractivity contribution < 1.29 is 4.79 Å². The molecule has 0 spiro atoms. The molecule has 146 valence electrons. The number of aromatic nitrogens is 1. The molecule has 0 bridgehead atoms. The highest BCUT2D eigenvalue weighted by Gasteiger charge is 2.23. The zero-order chi connectivity index (χ0) is 16.4. The predicted molar refractivity (Wildman–Crippen MR) is 115 cm³/mol. The van der Waals surface area contributed by atoms with Gasteiger partial charge in [0, 0.05) is 49.4 Å². The number of halogens is 3. The number of nitrogens with two attached hydrogens (primary N) is 1. The lowest BCUT2D eigenvalue weighted by Gasteiger charge is -2.34. The number of piperazine rings is 1. The standard InChI is InChI=1S/C17H22N4OS.3ClH/c1-12-3-4-14(18)9-16(12)17(22)21-7-5-20(6-8-21)10-15-11-23-13(2)19-15;;;/h3-4,9,11H,5-8,10,18H2,1-2H3;3*1H. The second-order valence-corrected chi connectivity index (χ2v) is 7.06. The van der Waals surface area contributed by atoms with Crippen LogP contribution in [0.4, 0.5) is 5.69 Å². The van der Waals surface area contributed by atoms with Crippen molar-refractivity contribution in [2.45, 2.75) is 20.4 Å². The van der Waals surface area contributed by atoms with Crippen molar-refractivity contribution in [1.82, 2.24) is 14.8 Å². The van der Waals surface area contributed by atoms with Crippen molar-refractivity contribution >= 4 is 60.2 Å². The first-order chi connectivity index (χ1) is 11.0. The smallest absolute Gasteiger partial charge is 0.254 e. The van der Waals surface area contributed by atoms with Crippen LogP contribution >= 0.6 is 48.6 Å². The summed E-state index contributed by atoms with van der Waals surface area (Å²) in [6, 6.07) is 5.52. The Labute approximate surface area is 177 Å². The monoisotopic (exact) mass is 438 g/mol. The maximum Gasteiger partial charge on any atom is 0.254 e. The molecular weight excluding hydrogens is 415 g/mol. The average Bonchev–Trinajstić information content (AvgIpc) is 2.95. The molecular formula is C17H25Cl3N4OS. The number of hydrogen-bond acceptors (Lipinski definition) is 5. The molecule has 1 aliphatic heterocycles. The lowest BCUT2D eigenvalue weighted by Crippen LogP contribution is -2.48. The van der Waals surface area contributed by atoms with E-state index in [9.17, 15) is 4.79 Å². The van der Waals surface area contributed by atoms with E-state index in [1.807, 2.05) is 30.9 Å². The summed E-state index contributed by atoms with van der Waals surface area (Å²) < 4.78 is 0. The highest BCUT2D eigenvalue weighted by atomic mass is 35.5. The minimum atomic E-state index is 0. The maximum atomic E-state index is 12.7. The number of thiazole rings is 1. The SMILES string of the molecule is Cc1nc(CN2CCN(C(=O)c3cc(N)ccc3C)CC2)cs1.Cl.Cl.Cl. The van der Waals surface area contributed by atoms with E-state index in [0.29, 0.717) is 11.3 Å². The first-order valence-corrected chi connectivity index (χ1v) is 8.69. The van der Waals surface area contributed by atoms with Gasteiger partial charge in [0.1, 0.15) is 0 Å². The van der Waals surface area contributed by atoms with Crippen LogP contribution in [0.3, 0.4) is 0 Å². The minimum Gasteiger partial charge on any atom is -0.399 e. The van der Waals surface area contributed by atoms with E-state index in [1.54, 1.807) is 17.4 Å². The number of amides is 1. The van der Waals surface area contributed by atoms with Crippen LogP contribution in [0.15, 0.2) is 23.6 Å². The number of aryl methyl sites for hydroxylation is 2. The summed E-state index contributed by atoms with van der Waals surface area (Å²) in [4.78, 5) is 21.5. The van der Waals surface area contributed by atoms with Crippen molar-refractivity contribution in [3.8, 4) is 0 Å². The van der Waals surface area contributed by atoms with Gasteiger partial charge in [0.2, 0.25) is 0 Å². The number of nitrogens with zero attached hydrogens (tertiary/aromatic N) is 3. The Hall–Kier alpha value is -1.05. The van der Waals surface area contributed by atoms with Crippen LogP contribution in [0.1, 0.15) is 26.6 Å². The lowest BCUT2D eigenvalue weighted by atomic mass is 10.1. The molecule has 5 nitrogen and oxygen atoms in total. The van der Waals surface area contributed by atoms with Gasteiger partial charge in [-0.15, -0.1) is 48.6 Å². The van der Waals surface area contributed by atoms with Crippen LogP contribution in [0.2, 0.25) is 0 Å². The fraction of sp³-hybridized carbons (Fsp3) is 0.412. The minimum absolute atomic E-state index is 0. The highest BCUT2D eigenvalue weighted by Crippen LogP contribution is 2.17. The third-order valence-corrected chi connectivity index (χ3v) is 5.03. The molecule has 1 saturated heterocycles. The number of rotatable bonds is 3. The zero-order valence-electron chi connectivity index (χ0n) is 14.8. The first-order valence-electron chi connectivity index (χ1n) is 7.81. The van der Waals surface area contributed by atoms with Gasteiger partial charge in [-0.05, 0) is 31.5 Å². The Morgan fingerprint density at radius 1 is 1.15 bits per heavy atom. The third kappa shape index (κ3) is 5.99. The average molecular weight is 440 g/mol. The van der Waals surface area contributed by atoms with Gasteiger partial charge >= 0.3 is 0 Å².